The maximum absolute atomic E-state index is 11.3. The number of hydrogen-bond donors (Lipinski definition) is 2. The molecule has 1 amide bonds. The minimum atomic E-state index is -0.251. The Hall–Kier alpha value is -0.950. The van der Waals surface area contributed by atoms with Crippen LogP contribution in [0.1, 0.15) is 10.5 Å². The number of aromatic nitrogens is 3. The van der Waals surface area contributed by atoms with E-state index in [1.165, 1.54) is 6.20 Å². The molecule has 0 saturated carbocycles. The van der Waals surface area contributed by atoms with E-state index < -0.39 is 0 Å². The Morgan fingerprint density at radius 3 is 3.21 bits per heavy atom. The summed E-state index contributed by atoms with van der Waals surface area (Å²) in [5.74, 6) is -0.251. The predicted octanol–water partition coefficient (Wildman–Crippen LogP) is -0.0556. The van der Waals surface area contributed by atoms with Crippen molar-refractivity contribution in [2.45, 2.75) is 4.83 Å². The van der Waals surface area contributed by atoms with Gasteiger partial charge in [0, 0.05) is 13.7 Å². The number of halogens is 1. The minimum Gasteiger partial charge on any atom is -0.383 e. The van der Waals surface area contributed by atoms with E-state index in [4.69, 9.17) is 4.74 Å². The number of nitrogens with zero attached hydrogens (tertiary/aromatic N) is 2. The van der Waals surface area contributed by atoms with Gasteiger partial charge in [0.05, 0.1) is 17.6 Å². The average Bonchev–Trinajstić information content (AvgIpc) is 2.67. The Morgan fingerprint density at radius 1 is 1.86 bits per heavy atom. The molecule has 0 fully saturated rings. The summed E-state index contributed by atoms with van der Waals surface area (Å²) in [5, 5.41) is 12.2. The summed E-state index contributed by atoms with van der Waals surface area (Å²) in [6, 6.07) is 0. The van der Waals surface area contributed by atoms with Gasteiger partial charge in [0.2, 0.25) is 0 Å². The van der Waals surface area contributed by atoms with Crippen LogP contribution in [0.5, 0.6) is 0 Å². The molecular weight excluding hydrogens is 252 g/mol. The van der Waals surface area contributed by atoms with Gasteiger partial charge in [0.15, 0.2) is 5.69 Å². The number of carbonyl (C=O) groups excluding carboxylic acids is 1. The van der Waals surface area contributed by atoms with Crippen molar-refractivity contribution in [3.05, 3.63) is 11.9 Å². The fraction of sp³-hybridized carbons (Fsp3) is 0.571. The van der Waals surface area contributed by atoms with Crippen LogP contribution >= 0.6 is 15.9 Å². The van der Waals surface area contributed by atoms with E-state index in [0.717, 1.165) is 0 Å². The third-order valence-electron chi connectivity index (χ3n) is 1.48. The zero-order valence-corrected chi connectivity index (χ0v) is 9.24. The molecule has 0 spiro atoms. The molecule has 1 aromatic rings. The summed E-state index contributed by atoms with van der Waals surface area (Å²) in [7, 11) is 1.60. The second-order valence-electron chi connectivity index (χ2n) is 2.62. The summed E-state index contributed by atoms with van der Waals surface area (Å²) in [6.45, 7) is 1.03. The summed E-state index contributed by atoms with van der Waals surface area (Å²) in [5.41, 5.74) is 0.280. The van der Waals surface area contributed by atoms with Crippen molar-refractivity contribution in [3.8, 4) is 0 Å². The highest BCUT2D eigenvalue weighted by Crippen LogP contribution is 1.98. The lowest BCUT2D eigenvalue weighted by molar-refractivity contribution is 0.0945. The van der Waals surface area contributed by atoms with E-state index >= 15 is 0 Å². The Labute approximate surface area is 89.5 Å². The zero-order chi connectivity index (χ0) is 10.4. The molecule has 0 saturated heterocycles. The normalized spacial score (nSPS) is 12.4. The van der Waals surface area contributed by atoms with Crippen LogP contribution < -0.4 is 5.32 Å². The van der Waals surface area contributed by atoms with Crippen molar-refractivity contribution in [2.24, 2.45) is 0 Å². The van der Waals surface area contributed by atoms with E-state index in [2.05, 4.69) is 36.7 Å². The largest absolute Gasteiger partial charge is 0.383 e. The summed E-state index contributed by atoms with van der Waals surface area (Å²) in [6.07, 6.45) is 1.37. The molecule has 1 aromatic heterocycles. The SMILES string of the molecule is COCC(Br)CNC(=O)c1cn[nH]n1. The van der Waals surface area contributed by atoms with Gasteiger partial charge in [-0.25, -0.2) is 0 Å². The number of rotatable bonds is 5. The Kier molecular flexibility index (Phi) is 4.54. The predicted molar refractivity (Wildman–Crippen MR) is 53.3 cm³/mol. The van der Waals surface area contributed by atoms with Crippen LogP contribution in [0.3, 0.4) is 0 Å². The van der Waals surface area contributed by atoms with Crippen molar-refractivity contribution < 1.29 is 9.53 Å². The molecule has 1 unspecified atom stereocenters. The molecule has 0 aromatic carbocycles. The summed E-state index contributed by atoms with van der Waals surface area (Å²) in [4.78, 5) is 11.4. The topological polar surface area (TPSA) is 79.9 Å². The van der Waals surface area contributed by atoms with Crippen LogP contribution in [0.2, 0.25) is 0 Å². The molecule has 78 valence electrons. The van der Waals surface area contributed by atoms with E-state index in [9.17, 15) is 4.79 Å². The van der Waals surface area contributed by atoms with Gasteiger partial charge in [0.25, 0.3) is 5.91 Å². The quantitative estimate of drug-likeness (QED) is 0.729. The number of amides is 1. The molecule has 1 atom stereocenters. The smallest absolute Gasteiger partial charge is 0.273 e. The lowest BCUT2D eigenvalue weighted by atomic mass is 10.4. The molecule has 0 aliphatic heterocycles. The first-order chi connectivity index (χ1) is 6.74. The lowest BCUT2D eigenvalue weighted by Gasteiger charge is -2.08. The Bertz CT molecular complexity index is 277. The van der Waals surface area contributed by atoms with Crippen LogP contribution in [0.25, 0.3) is 0 Å². The molecule has 2 N–H and O–H groups in total. The highest BCUT2D eigenvalue weighted by atomic mass is 79.9. The first-order valence-electron chi connectivity index (χ1n) is 4.01. The van der Waals surface area contributed by atoms with Crippen molar-refractivity contribution in [3.63, 3.8) is 0 Å². The standard InChI is InChI=1S/C7H11BrN4O2/c1-14-4-5(8)2-9-7(13)6-3-10-12-11-6/h3,5H,2,4H2,1H3,(H,9,13)(H,10,11,12). The Morgan fingerprint density at radius 2 is 2.64 bits per heavy atom. The number of aromatic amines is 1. The van der Waals surface area contributed by atoms with Crippen LogP contribution in [0.15, 0.2) is 6.20 Å². The first kappa shape index (κ1) is 11.1. The monoisotopic (exact) mass is 262 g/mol. The minimum absolute atomic E-state index is 0.100. The van der Waals surface area contributed by atoms with Gasteiger partial charge >= 0.3 is 0 Å². The number of ether oxygens (including phenoxy) is 1. The summed E-state index contributed by atoms with van der Waals surface area (Å²) < 4.78 is 4.89. The Balaban J connectivity index is 2.28. The van der Waals surface area contributed by atoms with E-state index in [1.807, 2.05) is 0 Å². The third kappa shape index (κ3) is 3.43. The maximum atomic E-state index is 11.3. The highest BCUT2D eigenvalue weighted by molar-refractivity contribution is 9.09. The van der Waals surface area contributed by atoms with Crippen molar-refractivity contribution >= 4 is 21.8 Å². The highest BCUT2D eigenvalue weighted by Gasteiger charge is 2.10. The van der Waals surface area contributed by atoms with Gasteiger partial charge in [0.1, 0.15) is 0 Å². The van der Waals surface area contributed by atoms with Crippen LogP contribution in [-0.2, 0) is 4.74 Å². The van der Waals surface area contributed by atoms with Crippen LogP contribution in [0, 0.1) is 0 Å². The van der Waals surface area contributed by atoms with Gasteiger partial charge in [-0.15, -0.1) is 0 Å². The summed E-state index contributed by atoms with van der Waals surface area (Å²) >= 11 is 3.35. The van der Waals surface area contributed by atoms with Gasteiger partial charge in [-0.2, -0.15) is 15.4 Å². The molecular formula is C7H11BrN4O2. The number of hydrogen-bond acceptors (Lipinski definition) is 4. The van der Waals surface area contributed by atoms with Crippen molar-refractivity contribution in [1.29, 1.82) is 0 Å². The van der Waals surface area contributed by atoms with Crippen LogP contribution in [0.4, 0.5) is 0 Å². The number of carbonyl (C=O) groups is 1. The molecule has 0 radical (unpaired) electrons. The fourth-order valence-electron chi connectivity index (χ4n) is 0.845. The van der Waals surface area contributed by atoms with E-state index in [1.54, 1.807) is 7.11 Å². The van der Waals surface area contributed by atoms with Gasteiger partial charge in [-0.1, -0.05) is 15.9 Å². The van der Waals surface area contributed by atoms with Gasteiger partial charge < -0.3 is 10.1 Å². The van der Waals surface area contributed by atoms with Crippen molar-refractivity contribution in [1.82, 2.24) is 20.7 Å². The lowest BCUT2D eigenvalue weighted by Crippen LogP contribution is -2.31. The van der Waals surface area contributed by atoms with Gasteiger partial charge in [-0.05, 0) is 0 Å². The maximum Gasteiger partial charge on any atom is 0.273 e. The molecule has 1 heterocycles. The number of H-pyrrole nitrogens is 1. The molecule has 0 aliphatic rings. The molecule has 0 aliphatic carbocycles. The van der Waals surface area contributed by atoms with E-state index in [0.29, 0.717) is 13.2 Å². The second kappa shape index (κ2) is 5.71. The second-order valence-corrected chi connectivity index (χ2v) is 3.91. The molecule has 14 heavy (non-hydrogen) atoms. The average molecular weight is 263 g/mol. The van der Waals surface area contributed by atoms with Gasteiger partial charge in [-0.3, -0.25) is 4.79 Å². The number of nitrogens with one attached hydrogen (secondary N) is 2. The van der Waals surface area contributed by atoms with E-state index in [-0.39, 0.29) is 16.4 Å². The molecule has 0 bridgehead atoms. The van der Waals surface area contributed by atoms with Crippen LogP contribution in [-0.4, -0.2) is 46.4 Å². The first-order valence-corrected chi connectivity index (χ1v) is 4.92. The fourth-order valence-corrected chi connectivity index (χ4v) is 1.27. The van der Waals surface area contributed by atoms with Crippen molar-refractivity contribution in [2.75, 3.05) is 20.3 Å². The number of methoxy groups -OCH3 is 1. The third-order valence-corrected chi connectivity index (χ3v) is 2.07. The number of alkyl halides is 1. The molecule has 6 nitrogen and oxygen atoms in total. The zero-order valence-electron chi connectivity index (χ0n) is 7.66. The molecule has 7 heteroatoms. The molecule has 1 rings (SSSR count).